The molecular formula is C18H23BrN2O3. The van der Waals surface area contributed by atoms with Crippen LogP contribution < -0.4 is 5.32 Å². The maximum absolute atomic E-state index is 12.7. The van der Waals surface area contributed by atoms with Gasteiger partial charge in [0.15, 0.2) is 0 Å². The molecule has 3 aliphatic rings. The van der Waals surface area contributed by atoms with Crippen molar-refractivity contribution in [3.63, 3.8) is 0 Å². The third-order valence-corrected chi connectivity index (χ3v) is 5.72. The van der Waals surface area contributed by atoms with E-state index in [1.165, 1.54) is 6.42 Å². The summed E-state index contributed by atoms with van der Waals surface area (Å²) in [5, 5.41) is 10.0. The fourth-order valence-electron chi connectivity index (χ4n) is 3.54. The molecule has 4 rings (SSSR count). The highest BCUT2D eigenvalue weighted by Crippen LogP contribution is 2.52. The Balaban J connectivity index is 0.000000815. The number of aliphatic hydroxyl groups excluding tert-OH is 1. The van der Waals surface area contributed by atoms with E-state index in [2.05, 4.69) is 27.3 Å². The van der Waals surface area contributed by atoms with E-state index < -0.39 is 0 Å². The number of carbonyl (C=O) groups is 2. The first-order chi connectivity index (χ1) is 11.6. The molecule has 0 bridgehead atoms. The molecule has 2 aliphatic carbocycles. The van der Waals surface area contributed by atoms with Crippen molar-refractivity contribution in [1.29, 1.82) is 0 Å². The van der Waals surface area contributed by atoms with Crippen molar-refractivity contribution in [3.8, 4) is 0 Å². The molecule has 1 aliphatic heterocycles. The molecule has 0 atom stereocenters. The Labute approximate surface area is 150 Å². The second kappa shape index (κ2) is 6.84. The molecule has 2 N–H and O–H groups in total. The summed E-state index contributed by atoms with van der Waals surface area (Å²) in [7, 11) is 1.00. The molecule has 1 aromatic rings. The molecule has 24 heavy (non-hydrogen) atoms. The first-order valence-electron chi connectivity index (χ1n) is 8.41. The van der Waals surface area contributed by atoms with E-state index in [-0.39, 0.29) is 23.8 Å². The molecule has 1 aromatic carbocycles. The van der Waals surface area contributed by atoms with Crippen LogP contribution in [-0.2, 0) is 10.2 Å². The Morgan fingerprint density at radius 2 is 2.08 bits per heavy atom. The Bertz CT molecular complexity index is 654. The number of benzene rings is 1. The average molecular weight is 395 g/mol. The second-order valence-electron chi connectivity index (χ2n) is 6.83. The lowest BCUT2D eigenvalue weighted by atomic mass is 9.86. The summed E-state index contributed by atoms with van der Waals surface area (Å²) < 4.78 is 1.02. The van der Waals surface area contributed by atoms with Crippen LogP contribution in [0.4, 0.5) is 0 Å². The minimum absolute atomic E-state index is 0.0104. The van der Waals surface area contributed by atoms with E-state index in [1.54, 1.807) is 4.90 Å². The summed E-state index contributed by atoms with van der Waals surface area (Å²) in [6, 6.07) is 6.19. The molecule has 0 radical (unpaired) electrons. The van der Waals surface area contributed by atoms with E-state index in [9.17, 15) is 9.59 Å². The van der Waals surface area contributed by atoms with E-state index in [0.29, 0.717) is 12.6 Å². The van der Waals surface area contributed by atoms with Crippen LogP contribution in [0.3, 0.4) is 0 Å². The topological polar surface area (TPSA) is 69.6 Å². The highest BCUT2D eigenvalue weighted by atomic mass is 79.9. The summed E-state index contributed by atoms with van der Waals surface area (Å²) in [5.41, 5.74) is 2.01. The predicted octanol–water partition coefficient (Wildman–Crippen LogP) is 2.21. The summed E-state index contributed by atoms with van der Waals surface area (Å²) in [6.07, 6.45) is 5.54. The monoisotopic (exact) mass is 394 g/mol. The van der Waals surface area contributed by atoms with E-state index >= 15 is 0 Å². The number of fused-ring (bicyclic) bond motifs is 2. The van der Waals surface area contributed by atoms with Gasteiger partial charge >= 0.3 is 0 Å². The van der Waals surface area contributed by atoms with Gasteiger partial charge in [-0.05, 0) is 55.9 Å². The van der Waals surface area contributed by atoms with Crippen LogP contribution in [0.2, 0.25) is 0 Å². The van der Waals surface area contributed by atoms with E-state index in [4.69, 9.17) is 5.11 Å². The molecule has 1 heterocycles. The van der Waals surface area contributed by atoms with Crippen LogP contribution in [0, 0.1) is 0 Å². The van der Waals surface area contributed by atoms with Crippen molar-refractivity contribution in [2.24, 2.45) is 0 Å². The molecule has 2 saturated carbocycles. The van der Waals surface area contributed by atoms with Crippen molar-refractivity contribution in [3.05, 3.63) is 33.8 Å². The Morgan fingerprint density at radius 1 is 1.38 bits per heavy atom. The molecular weight excluding hydrogens is 372 g/mol. The maximum atomic E-state index is 12.7. The average Bonchev–Trinajstić information content (AvgIpc) is 3.31. The van der Waals surface area contributed by atoms with Gasteiger partial charge in [-0.2, -0.15) is 0 Å². The van der Waals surface area contributed by atoms with E-state index in [0.717, 1.165) is 48.4 Å². The summed E-state index contributed by atoms with van der Waals surface area (Å²) in [4.78, 5) is 26.6. The number of hydrogen-bond donors (Lipinski definition) is 2. The lowest BCUT2D eigenvalue weighted by Gasteiger charge is -2.35. The van der Waals surface area contributed by atoms with Crippen LogP contribution in [0.25, 0.3) is 0 Å². The quantitative estimate of drug-likeness (QED) is 0.825. The van der Waals surface area contributed by atoms with Gasteiger partial charge < -0.3 is 15.3 Å². The van der Waals surface area contributed by atoms with Crippen LogP contribution in [0.5, 0.6) is 0 Å². The number of nitrogens with zero attached hydrogens (tertiary/aromatic N) is 1. The van der Waals surface area contributed by atoms with Gasteiger partial charge in [-0.15, -0.1) is 0 Å². The number of aliphatic hydroxyl groups is 1. The molecule has 2 fully saturated rings. The molecule has 0 aromatic heterocycles. The van der Waals surface area contributed by atoms with Crippen LogP contribution in [-0.4, -0.2) is 48.1 Å². The Hall–Kier alpha value is -1.40. The summed E-state index contributed by atoms with van der Waals surface area (Å²) >= 11 is 3.50. The largest absolute Gasteiger partial charge is 0.400 e. The molecule has 5 nitrogen and oxygen atoms in total. The molecule has 0 saturated heterocycles. The van der Waals surface area contributed by atoms with Gasteiger partial charge in [-0.3, -0.25) is 9.59 Å². The number of hydrogen-bond acceptors (Lipinski definition) is 3. The van der Waals surface area contributed by atoms with Crippen LogP contribution in [0.15, 0.2) is 22.7 Å². The Kier molecular flexibility index (Phi) is 4.97. The third-order valence-electron chi connectivity index (χ3n) is 5.22. The molecule has 2 amide bonds. The SMILES string of the molecule is CO.O=C(CN1CC2(CC2)c2cc(Br)ccc2C1=O)NC1CCC1. The zero-order chi connectivity index (χ0) is 17.3. The summed E-state index contributed by atoms with van der Waals surface area (Å²) in [6.45, 7) is 0.861. The van der Waals surface area contributed by atoms with Crippen LogP contribution >= 0.6 is 15.9 Å². The fraction of sp³-hybridized carbons (Fsp3) is 0.556. The van der Waals surface area contributed by atoms with Crippen molar-refractivity contribution < 1.29 is 14.7 Å². The highest BCUT2D eigenvalue weighted by molar-refractivity contribution is 9.10. The first-order valence-corrected chi connectivity index (χ1v) is 9.20. The van der Waals surface area contributed by atoms with Gasteiger partial charge in [0, 0.05) is 35.1 Å². The molecule has 0 unspecified atom stereocenters. The minimum Gasteiger partial charge on any atom is -0.400 e. The minimum atomic E-state index is -0.0191. The van der Waals surface area contributed by atoms with Crippen LogP contribution in [0.1, 0.15) is 48.0 Å². The number of halogens is 1. The zero-order valence-electron chi connectivity index (χ0n) is 13.8. The zero-order valence-corrected chi connectivity index (χ0v) is 15.4. The smallest absolute Gasteiger partial charge is 0.254 e. The molecule has 6 heteroatoms. The van der Waals surface area contributed by atoms with Crippen molar-refractivity contribution in [2.45, 2.75) is 43.6 Å². The summed E-state index contributed by atoms with van der Waals surface area (Å²) in [5.74, 6) is -0.0294. The predicted molar refractivity (Wildman–Crippen MR) is 94.9 cm³/mol. The fourth-order valence-corrected chi connectivity index (χ4v) is 3.90. The van der Waals surface area contributed by atoms with Gasteiger partial charge in [0.05, 0.1) is 6.54 Å². The first kappa shape index (κ1) is 17.4. The third kappa shape index (κ3) is 3.22. The standard InChI is InChI=1S/C17H19BrN2O2.CH4O/c18-11-4-5-13-14(8-11)17(6-7-17)10-20(16(13)22)9-15(21)19-12-2-1-3-12;1-2/h4-5,8,12H,1-3,6-7,9-10H2,(H,19,21);2H,1H3. The van der Waals surface area contributed by atoms with Crippen molar-refractivity contribution in [1.82, 2.24) is 10.2 Å². The van der Waals surface area contributed by atoms with Crippen molar-refractivity contribution in [2.75, 3.05) is 20.2 Å². The van der Waals surface area contributed by atoms with Gasteiger partial charge in [-0.1, -0.05) is 15.9 Å². The van der Waals surface area contributed by atoms with Gasteiger partial charge in [0.1, 0.15) is 0 Å². The van der Waals surface area contributed by atoms with Gasteiger partial charge in [-0.25, -0.2) is 0 Å². The van der Waals surface area contributed by atoms with E-state index in [1.807, 2.05) is 12.1 Å². The van der Waals surface area contributed by atoms with Gasteiger partial charge in [0.2, 0.25) is 5.91 Å². The maximum Gasteiger partial charge on any atom is 0.254 e. The highest BCUT2D eigenvalue weighted by Gasteiger charge is 2.51. The second-order valence-corrected chi connectivity index (χ2v) is 7.74. The Morgan fingerprint density at radius 3 is 2.67 bits per heavy atom. The number of carbonyl (C=O) groups excluding carboxylic acids is 2. The molecule has 130 valence electrons. The van der Waals surface area contributed by atoms with Crippen molar-refractivity contribution >= 4 is 27.7 Å². The lowest BCUT2D eigenvalue weighted by Crippen LogP contribution is -2.50. The number of nitrogens with one attached hydrogen (secondary N) is 1. The van der Waals surface area contributed by atoms with Gasteiger partial charge in [0.25, 0.3) is 5.91 Å². The number of rotatable bonds is 3. The lowest BCUT2D eigenvalue weighted by molar-refractivity contribution is -0.123. The number of amides is 2. The normalized spacial score (nSPS) is 20.6. The molecule has 1 spiro atoms.